The molecule has 0 amide bonds. The SMILES string of the molecule is CS(=O)(=O)O[C@H]1[C@@H](OC(=O)c2ccccc2)[C@@H](OC(=O)c2ccccc2)CO[C@@H]1F. The van der Waals surface area contributed by atoms with E-state index in [1.54, 1.807) is 36.4 Å². The molecule has 1 aliphatic rings. The Bertz CT molecular complexity index is 980. The molecule has 0 aromatic heterocycles. The van der Waals surface area contributed by atoms with E-state index in [1.807, 2.05) is 0 Å². The second-order valence-corrected chi connectivity index (χ2v) is 8.10. The van der Waals surface area contributed by atoms with E-state index in [1.165, 1.54) is 24.3 Å². The lowest BCUT2D eigenvalue weighted by atomic mass is 10.0. The fraction of sp³-hybridized carbons (Fsp3) is 0.300. The third kappa shape index (κ3) is 5.62. The van der Waals surface area contributed by atoms with Gasteiger partial charge in [0.15, 0.2) is 18.3 Å². The van der Waals surface area contributed by atoms with Gasteiger partial charge in [-0.3, -0.25) is 4.18 Å². The van der Waals surface area contributed by atoms with Crippen LogP contribution < -0.4 is 0 Å². The summed E-state index contributed by atoms with van der Waals surface area (Å²) in [6, 6.07) is 15.7. The number of carbonyl (C=O) groups is 2. The first-order valence-corrected chi connectivity index (χ1v) is 10.7. The molecule has 30 heavy (non-hydrogen) atoms. The number of alkyl halides is 1. The summed E-state index contributed by atoms with van der Waals surface area (Å²) in [6.07, 6.45) is -6.22. The molecule has 160 valence electrons. The van der Waals surface area contributed by atoms with Crippen LogP contribution in [-0.4, -0.2) is 57.9 Å². The average Bonchev–Trinajstić information content (AvgIpc) is 2.73. The Morgan fingerprint density at radius 3 is 1.90 bits per heavy atom. The maximum absolute atomic E-state index is 14.4. The number of hydrogen-bond donors (Lipinski definition) is 0. The zero-order valence-corrected chi connectivity index (χ0v) is 16.7. The number of esters is 2. The molecule has 8 nitrogen and oxygen atoms in total. The first-order chi connectivity index (χ1) is 14.2. The fourth-order valence-electron chi connectivity index (χ4n) is 2.83. The lowest BCUT2D eigenvalue weighted by Crippen LogP contribution is -2.56. The maximum atomic E-state index is 14.4. The van der Waals surface area contributed by atoms with Crippen LogP contribution in [0, 0.1) is 0 Å². The van der Waals surface area contributed by atoms with Crippen molar-refractivity contribution in [3.05, 3.63) is 71.8 Å². The molecule has 0 N–H and O–H groups in total. The Labute approximate surface area is 172 Å². The van der Waals surface area contributed by atoms with Gasteiger partial charge in [-0.2, -0.15) is 8.42 Å². The van der Waals surface area contributed by atoms with Gasteiger partial charge in [0.25, 0.3) is 10.1 Å². The van der Waals surface area contributed by atoms with Crippen LogP contribution in [0.3, 0.4) is 0 Å². The van der Waals surface area contributed by atoms with Crippen LogP contribution in [0.2, 0.25) is 0 Å². The summed E-state index contributed by atoms with van der Waals surface area (Å²) in [7, 11) is -4.15. The smallest absolute Gasteiger partial charge is 0.338 e. The van der Waals surface area contributed by atoms with Crippen molar-refractivity contribution in [3.63, 3.8) is 0 Å². The van der Waals surface area contributed by atoms with Crippen LogP contribution in [0.5, 0.6) is 0 Å². The molecule has 2 aromatic carbocycles. The molecular weight excluding hydrogens is 419 g/mol. The van der Waals surface area contributed by atoms with Crippen molar-refractivity contribution in [2.24, 2.45) is 0 Å². The van der Waals surface area contributed by atoms with Gasteiger partial charge in [0, 0.05) is 0 Å². The van der Waals surface area contributed by atoms with Crippen molar-refractivity contribution in [1.82, 2.24) is 0 Å². The van der Waals surface area contributed by atoms with E-state index >= 15 is 0 Å². The number of hydrogen-bond acceptors (Lipinski definition) is 8. The highest BCUT2D eigenvalue weighted by molar-refractivity contribution is 7.86. The second-order valence-electron chi connectivity index (χ2n) is 6.50. The predicted octanol–water partition coefficient (Wildman–Crippen LogP) is 2.11. The van der Waals surface area contributed by atoms with Gasteiger partial charge in [0.2, 0.25) is 6.36 Å². The molecule has 3 rings (SSSR count). The highest BCUT2D eigenvalue weighted by Gasteiger charge is 2.48. The summed E-state index contributed by atoms with van der Waals surface area (Å²) in [5.41, 5.74) is 0.347. The van der Waals surface area contributed by atoms with Gasteiger partial charge < -0.3 is 14.2 Å². The number of rotatable bonds is 6. The molecule has 1 fully saturated rings. The van der Waals surface area contributed by atoms with Crippen molar-refractivity contribution in [1.29, 1.82) is 0 Å². The van der Waals surface area contributed by atoms with Crippen LogP contribution in [0.25, 0.3) is 0 Å². The first-order valence-electron chi connectivity index (χ1n) is 8.90. The molecular formula is C20H19FO8S. The number of halogens is 1. The lowest BCUT2D eigenvalue weighted by Gasteiger charge is -2.37. The minimum atomic E-state index is -4.15. The molecule has 4 atom stereocenters. The van der Waals surface area contributed by atoms with E-state index in [4.69, 9.17) is 18.4 Å². The van der Waals surface area contributed by atoms with E-state index in [2.05, 4.69) is 0 Å². The maximum Gasteiger partial charge on any atom is 0.338 e. The quantitative estimate of drug-likeness (QED) is 0.499. The summed E-state index contributed by atoms with van der Waals surface area (Å²) in [6.45, 7) is -0.462. The first kappa shape index (κ1) is 21.9. The van der Waals surface area contributed by atoms with Gasteiger partial charge >= 0.3 is 11.9 Å². The fourth-order valence-corrected chi connectivity index (χ4v) is 3.43. The molecule has 1 saturated heterocycles. The lowest BCUT2D eigenvalue weighted by molar-refractivity contribution is -0.216. The van der Waals surface area contributed by atoms with E-state index in [-0.39, 0.29) is 11.1 Å². The van der Waals surface area contributed by atoms with Crippen molar-refractivity contribution >= 4 is 22.1 Å². The van der Waals surface area contributed by atoms with Crippen LogP contribution in [0.1, 0.15) is 20.7 Å². The van der Waals surface area contributed by atoms with Crippen LogP contribution in [0.4, 0.5) is 4.39 Å². The van der Waals surface area contributed by atoms with Crippen LogP contribution >= 0.6 is 0 Å². The molecule has 1 heterocycles. The summed E-state index contributed by atoms with van der Waals surface area (Å²) in [5.74, 6) is -1.64. The normalized spacial score (nSPS) is 24.1. The zero-order chi connectivity index (χ0) is 21.7. The standard InChI is InChI=1S/C20H19FO8S/c1-30(24,25)29-17-16(28-20(23)14-10-6-3-7-11-14)15(12-26-18(17)21)27-19(22)13-8-4-2-5-9-13/h2-11,15-18H,12H2,1H3/t15-,16-,17-,18-/m0/s1. The summed E-state index contributed by atoms with van der Waals surface area (Å²) in [5, 5.41) is 0. The third-order valence-corrected chi connectivity index (χ3v) is 4.75. The Kier molecular flexibility index (Phi) is 6.80. The summed E-state index contributed by atoms with van der Waals surface area (Å²) >= 11 is 0. The van der Waals surface area contributed by atoms with Gasteiger partial charge in [-0.15, -0.1) is 0 Å². The monoisotopic (exact) mass is 438 g/mol. The highest BCUT2D eigenvalue weighted by atomic mass is 32.2. The Morgan fingerprint density at radius 2 is 1.40 bits per heavy atom. The van der Waals surface area contributed by atoms with Crippen LogP contribution in [0.15, 0.2) is 60.7 Å². The Morgan fingerprint density at radius 1 is 0.900 bits per heavy atom. The van der Waals surface area contributed by atoms with E-state index in [0.717, 1.165) is 6.26 Å². The molecule has 0 unspecified atom stereocenters. The third-order valence-electron chi connectivity index (χ3n) is 4.17. The van der Waals surface area contributed by atoms with Gasteiger partial charge in [0.1, 0.15) is 0 Å². The summed E-state index contributed by atoms with van der Waals surface area (Å²) < 4.78 is 57.9. The Balaban J connectivity index is 1.86. The number of ether oxygens (including phenoxy) is 3. The molecule has 0 radical (unpaired) electrons. The highest BCUT2D eigenvalue weighted by Crippen LogP contribution is 2.27. The van der Waals surface area contributed by atoms with Crippen molar-refractivity contribution in [3.8, 4) is 0 Å². The van der Waals surface area contributed by atoms with Crippen molar-refractivity contribution in [2.45, 2.75) is 24.7 Å². The van der Waals surface area contributed by atoms with Crippen LogP contribution in [-0.2, 0) is 28.5 Å². The second kappa shape index (κ2) is 9.33. The molecule has 0 aliphatic carbocycles. The molecule has 0 saturated carbocycles. The van der Waals surface area contributed by atoms with Gasteiger partial charge in [-0.1, -0.05) is 36.4 Å². The molecule has 2 aromatic rings. The predicted molar refractivity (Wildman–Crippen MR) is 102 cm³/mol. The summed E-state index contributed by atoms with van der Waals surface area (Å²) in [4.78, 5) is 24.9. The van der Waals surface area contributed by atoms with E-state index in [0.29, 0.717) is 0 Å². The van der Waals surface area contributed by atoms with Crippen molar-refractivity contribution < 1.29 is 40.8 Å². The Hall–Kier alpha value is -2.82. The van der Waals surface area contributed by atoms with E-state index < -0.39 is 53.3 Å². The largest absolute Gasteiger partial charge is 0.452 e. The number of benzene rings is 2. The molecule has 10 heteroatoms. The molecule has 0 bridgehead atoms. The van der Waals surface area contributed by atoms with Gasteiger partial charge in [-0.25, -0.2) is 14.0 Å². The topological polar surface area (TPSA) is 105 Å². The van der Waals surface area contributed by atoms with Gasteiger partial charge in [-0.05, 0) is 24.3 Å². The minimum absolute atomic E-state index is 0.144. The van der Waals surface area contributed by atoms with Gasteiger partial charge in [0.05, 0.1) is 24.0 Å². The molecule has 0 spiro atoms. The van der Waals surface area contributed by atoms with Crippen molar-refractivity contribution in [2.75, 3.05) is 12.9 Å². The zero-order valence-electron chi connectivity index (χ0n) is 15.8. The molecule has 1 aliphatic heterocycles. The average molecular weight is 438 g/mol. The van der Waals surface area contributed by atoms with E-state index in [9.17, 15) is 22.4 Å². The number of carbonyl (C=O) groups excluding carboxylic acids is 2. The minimum Gasteiger partial charge on any atom is -0.452 e.